The molecule has 0 spiro atoms. The predicted octanol–water partition coefficient (Wildman–Crippen LogP) is 3.94. The Hall–Kier alpha value is -3.40. The molecule has 1 aliphatic rings. The summed E-state index contributed by atoms with van der Waals surface area (Å²) in [6, 6.07) is 5.61. The van der Waals surface area contributed by atoms with Crippen LogP contribution in [0.1, 0.15) is 17.7 Å². The first-order valence-corrected chi connectivity index (χ1v) is 9.90. The van der Waals surface area contributed by atoms with Crippen molar-refractivity contribution in [2.75, 3.05) is 32.5 Å². The Morgan fingerprint density at radius 3 is 2.59 bits per heavy atom. The molecule has 1 aromatic carbocycles. The van der Waals surface area contributed by atoms with Crippen LogP contribution in [0.5, 0.6) is 5.75 Å². The monoisotopic (exact) mass is 447 g/mol. The van der Waals surface area contributed by atoms with Gasteiger partial charge < -0.3 is 19.9 Å². The summed E-state index contributed by atoms with van der Waals surface area (Å²) < 4.78 is 40.8. The number of nitrogens with one attached hydrogen (secondary N) is 1. The molecular weight excluding hydrogens is 423 g/mol. The summed E-state index contributed by atoms with van der Waals surface area (Å²) in [5.74, 6) is -0.0200. The number of anilines is 2. The number of hydrogen-bond acceptors (Lipinski definition) is 6. The number of rotatable bonds is 7. The smallest absolute Gasteiger partial charge is 0.406 e. The van der Waals surface area contributed by atoms with Crippen LogP contribution in [0.2, 0.25) is 0 Å². The lowest BCUT2D eigenvalue weighted by Gasteiger charge is -2.19. The summed E-state index contributed by atoms with van der Waals surface area (Å²) in [6.45, 7) is 5.16. The molecule has 1 atom stereocenters. The van der Waals surface area contributed by atoms with Gasteiger partial charge in [-0.3, -0.25) is 4.79 Å². The van der Waals surface area contributed by atoms with Crippen LogP contribution >= 0.6 is 0 Å². The highest BCUT2D eigenvalue weighted by Gasteiger charge is 2.31. The van der Waals surface area contributed by atoms with Gasteiger partial charge >= 0.3 is 6.36 Å². The number of nitrogens with zero attached hydrogens (tertiary/aromatic N) is 4. The van der Waals surface area contributed by atoms with Crippen LogP contribution in [0.15, 0.2) is 43.2 Å². The van der Waals surface area contributed by atoms with Crippen LogP contribution in [0, 0.1) is 0 Å². The van der Waals surface area contributed by atoms with E-state index >= 15 is 0 Å². The van der Waals surface area contributed by atoms with E-state index in [4.69, 9.17) is 0 Å². The zero-order valence-electron chi connectivity index (χ0n) is 17.8. The number of carbonyl (C=O) groups excluding carboxylic acids is 1. The summed E-state index contributed by atoms with van der Waals surface area (Å²) in [4.78, 5) is 24.8. The van der Waals surface area contributed by atoms with Crippen LogP contribution < -0.4 is 10.1 Å². The largest absolute Gasteiger partial charge is 0.573 e. The highest BCUT2D eigenvalue weighted by atomic mass is 19.4. The van der Waals surface area contributed by atoms with E-state index in [2.05, 4.69) is 31.5 Å². The zero-order chi connectivity index (χ0) is 23.3. The molecule has 2 heterocycles. The third-order valence-electron chi connectivity index (χ3n) is 5.06. The second-order valence-electron chi connectivity index (χ2n) is 7.45. The van der Waals surface area contributed by atoms with E-state index in [-0.39, 0.29) is 11.7 Å². The van der Waals surface area contributed by atoms with Crippen LogP contribution in [0.25, 0.3) is 12.2 Å². The maximum atomic E-state index is 12.5. The SMILES string of the molecule is C=Cc1c(/C=C/C(=O)N2CCC(N(C)C)C2)ncnc1Nc1ccc(OC(F)(F)F)cc1. The Balaban J connectivity index is 1.71. The average molecular weight is 447 g/mol. The first kappa shape index (κ1) is 23.3. The second-order valence-corrected chi connectivity index (χ2v) is 7.45. The minimum atomic E-state index is -4.75. The number of likely N-dealkylation sites (N-methyl/N-ethyl adjacent to an activating group) is 1. The Morgan fingerprint density at radius 1 is 1.28 bits per heavy atom. The molecule has 0 saturated carbocycles. The Labute approximate surface area is 184 Å². The number of aromatic nitrogens is 2. The molecule has 0 bridgehead atoms. The van der Waals surface area contributed by atoms with E-state index in [0.717, 1.165) is 6.42 Å². The molecule has 3 rings (SSSR count). The highest BCUT2D eigenvalue weighted by Crippen LogP contribution is 2.27. The number of likely N-dealkylation sites (tertiary alicyclic amines) is 1. The molecular formula is C22H24F3N5O2. The van der Waals surface area contributed by atoms with Gasteiger partial charge in [-0.2, -0.15) is 0 Å². The zero-order valence-corrected chi connectivity index (χ0v) is 17.8. The molecule has 0 radical (unpaired) electrons. The Kier molecular flexibility index (Phi) is 7.14. The summed E-state index contributed by atoms with van der Waals surface area (Å²) in [7, 11) is 3.99. The lowest BCUT2D eigenvalue weighted by molar-refractivity contribution is -0.274. The fraction of sp³-hybridized carbons (Fsp3) is 0.318. The normalized spacial score (nSPS) is 16.6. The first-order valence-electron chi connectivity index (χ1n) is 9.90. The quantitative estimate of drug-likeness (QED) is 0.649. The molecule has 1 N–H and O–H groups in total. The standard InChI is InChI=1S/C22H24F3N5O2/c1-4-18-19(9-10-20(31)30-12-11-16(13-30)29(2)3)26-14-27-21(18)28-15-5-7-17(8-6-15)32-22(23,24)25/h4-10,14,16H,1,11-13H2,2-3H3,(H,26,27,28)/b10-9+. The topological polar surface area (TPSA) is 70.6 Å². The molecule has 10 heteroatoms. The van der Waals surface area contributed by atoms with Gasteiger partial charge in [-0.1, -0.05) is 12.7 Å². The fourth-order valence-corrected chi connectivity index (χ4v) is 3.34. The summed E-state index contributed by atoms with van der Waals surface area (Å²) in [5.41, 5.74) is 1.55. The van der Waals surface area contributed by atoms with Crippen LogP contribution in [0.3, 0.4) is 0 Å². The van der Waals surface area contributed by atoms with Gasteiger partial charge in [0.15, 0.2) is 0 Å². The van der Waals surface area contributed by atoms with Crippen molar-refractivity contribution in [2.45, 2.75) is 18.8 Å². The van der Waals surface area contributed by atoms with Crippen molar-refractivity contribution in [1.82, 2.24) is 19.8 Å². The van der Waals surface area contributed by atoms with E-state index in [1.54, 1.807) is 17.1 Å². The van der Waals surface area contributed by atoms with E-state index in [9.17, 15) is 18.0 Å². The van der Waals surface area contributed by atoms with Gasteiger partial charge in [0.05, 0.1) is 5.69 Å². The minimum Gasteiger partial charge on any atom is -0.406 e. The van der Waals surface area contributed by atoms with Crippen molar-refractivity contribution in [2.24, 2.45) is 0 Å². The van der Waals surface area contributed by atoms with Crippen molar-refractivity contribution in [3.05, 3.63) is 54.5 Å². The van der Waals surface area contributed by atoms with Crippen molar-refractivity contribution < 1.29 is 22.7 Å². The third kappa shape index (κ3) is 6.07. The van der Waals surface area contributed by atoms with Gasteiger partial charge in [-0.15, -0.1) is 13.2 Å². The Morgan fingerprint density at radius 2 is 2.00 bits per heavy atom. The number of halogens is 3. The molecule has 1 unspecified atom stereocenters. The summed E-state index contributed by atoms with van der Waals surface area (Å²) >= 11 is 0. The molecule has 1 fully saturated rings. The maximum absolute atomic E-state index is 12.5. The van der Waals surface area contributed by atoms with Gasteiger partial charge in [0.1, 0.15) is 17.9 Å². The highest BCUT2D eigenvalue weighted by molar-refractivity contribution is 5.92. The number of carbonyl (C=O) groups is 1. The summed E-state index contributed by atoms with van der Waals surface area (Å²) in [5, 5.41) is 3.02. The first-order chi connectivity index (χ1) is 15.2. The van der Waals surface area contributed by atoms with Gasteiger partial charge in [0.25, 0.3) is 0 Å². The van der Waals surface area contributed by atoms with Crippen molar-refractivity contribution in [3.63, 3.8) is 0 Å². The van der Waals surface area contributed by atoms with Gasteiger partial charge in [0.2, 0.25) is 5.91 Å². The van der Waals surface area contributed by atoms with Crippen molar-refractivity contribution >= 4 is 29.6 Å². The number of ether oxygens (including phenoxy) is 1. The van der Waals surface area contributed by atoms with E-state index in [0.29, 0.717) is 41.9 Å². The van der Waals surface area contributed by atoms with E-state index in [1.165, 1.54) is 36.7 Å². The molecule has 1 aliphatic heterocycles. The van der Waals surface area contributed by atoms with Crippen LogP contribution in [0.4, 0.5) is 24.7 Å². The van der Waals surface area contributed by atoms with Crippen LogP contribution in [-0.4, -0.2) is 65.3 Å². The molecule has 1 saturated heterocycles. The summed E-state index contributed by atoms with van der Waals surface area (Å²) in [6.07, 6.45) is 2.14. The van der Waals surface area contributed by atoms with Crippen LogP contribution in [-0.2, 0) is 4.79 Å². The third-order valence-corrected chi connectivity index (χ3v) is 5.06. The fourth-order valence-electron chi connectivity index (χ4n) is 3.34. The van der Waals surface area contributed by atoms with Crippen molar-refractivity contribution in [1.29, 1.82) is 0 Å². The molecule has 0 aliphatic carbocycles. The van der Waals surface area contributed by atoms with E-state index < -0.39 is 6.36 Å². The lowest BCUT2D eigenvalue weighted by atomic mass is 10.2. The Bertz CT molecular complexity index is 990. The molecule has 7 nitrogen and oxygen atoms in total. The van der Waals surface area contributed by atoms with Gasteiger partial charge in [0, 0.05) is 36.5 Å². The van der Waals surface area contributed by atoms with Gasteiger partial charge in [-0.25, -0.2) is 9.97 Å². The number of hydrogen-bond donors (Lipinski definition) is 1. The molecule has 170 valence electrons. The van der Waals surface area contributed by atoms with E-state index in [1.807, 2.05) is 14.1 Å². The number of amides is 1. The minimum absolute atomic E-state index is 0.0993. The maximum Gasteiger partial charge on any atom is 0.573 e. The number of benzene rings is 1. The molecule has 1 amide bonds. The van der Waals surface area contributed by atoms with Crippen molar-refractivity contribution in [3.8, 4) is 5.75 Å². The number of alkyl halides is 3. The molecule has 1 aromatic heterocycles. The predicted molar refractivity (Wildman–Crippen MR) is 116 cm³/mol. The second kappa shape index (κ2) is 9.82. The molecule has 32 heavy (non-hydrogen) atoms. The average Bonchev–Trinajstić information content (AvgIpc) is 3.23. The van der Waals surface area contributed by atoms with Gasteiger partial charge in [-0.05, 0) is 50.9 Å². The lowest BCUT2D eigenvalue weighted by Crippen LogP contribution is -2.33. The molecule has 2 aromatic rings.